The molecule has 0 fully saturated rings. The molecule has 0 aromatic carbocycles. The zero-order valence-corrected chi connectivity index (χ0v) is 8.16. The number of hydrogen-bond acceptors (Lipinski definition) is 6. The van der Waals surface area contributed by atoms with E-state index in [0.717, 1.165) is 0 Å². The predicted molar refractivity (Wildman–Crippen MR) is 0 cm³/mol. The summed E-state index contributed by atoms with van der Waals surface area (Å²) in [5, 5.41) is 0. The molecule has 0 heterocycles. The van der Waals surface area contributed by atoms with Gasteiger partial charge in [-0.3, -0.25) is 0 Å². The SMILES string of the molecule is [Ag+2].[O-][Br+2]([O-])[O-].[O-][Br+2]([O-])[O-]. The summed E-state index contributed by atoms with van der Waals surface area (Å²) < 4.78 is 51.1. The Morgan fingerprint density at radius 1 is 0.556 bits per heavy atom. The van der Waals surface area contributed by atoms with Gasteiger partial charge in [0.1, 0.15) is 0 Å². The average molecular weight is 364 g/mol. The van der Waals surface area contributed by atoms with Crippen molar-refractivity contribution in [3.05, 3.63) is 0 Å². The second-order valence-electron chi connectivity index (χ2n) is 0.378. The number of halogens is 2. The number of hydrogen-bond donors (Lipinski definition) is 0. The van der Waals surface area contributed by atoms with Gasteiger partial charge in [0.05, 0.1) is 0 Å². The third-order valence-electron chi connectivity index (χ3n) is 0. The Morgan fingerprint density at radius 3 is 0.556 bits per heavy atom. The van der Waals surface area contributed by atoms with Crippen LogP contribution in [-0.2, 0) is 22.4 Å². The van der Waals surface area contributed by atoms with E-state index in [4.69, 9.17) is 25.2 Å². The van der Waals surface area contributed by atoms with Crippen molar-refractivity contribution in [2.75, 3.05) is 0 Å². The third-order valence-corrected chi connectivity index (χ3v) is 0. The summed E-state index contributed by atoms with van der Waals surface area (Å²) in [4.78, 5) is 0. The van der Waals surface area contributed by atoms with Crippen molar-refractivity contribution in [2.24, 2.45) is 0 Å². The molecule has 6 nitrogen and oxygen atoms in total. The first-order valence-electron chi connectivity index (χ1n) is 0.926. The molecule has 9 heteroatoms. The van der Waals surface area contributed by atoms with Crippen molar-refractivity contribution < 1.29 is 77.2 Å². The molecule has 0 aromatic heterocycles. The van der Waals surface area contributed by atoms with Crippen LogP contribution in [0.3, 0.4) is 0 Å². The van der Waals surface area contributed by atoms with Gasteiger partial charge in [-0.25, -0.2) is 0 Å². The van der Waals surface area contributed by atoms with Crippen molar-refractivity contribution in [3.8, 4) is 0 Å². The summed E-state index contributed by atoms with van der Waals surface area (Å²) in [6.07, 6.45) is 0. The van der Waals surface area contributed by atoms with Gasteiger partial charge in [0.25, 0.3) is 0 Å². The summed E-state index contributed by atoms with van der Waals surface area (Å²) in [5.74, 6) is 0. The van der Waals surface area contributed by atoms with Crippen LogP contribution in [0.25, 0.3) is 0 Å². The van der Waals surface area contributed by atoms with Crippen molar-refractivity contribution in [1.29, 1.82) is 0 Å². The van der Waals surface area contributed by atoms with Gasteiger partial charge >= 0.3 is 22.4 Å². The Balaban J connectivity index is -0.0000000720. The Bertz CT molecular complexity index is 26.5. The summed E-state index contributed by atoms with van der Waals surface area (Å²) >= 11 is -7.29. The van der Waals surface area contributed by atoms with Gasteiger partial charge < -0.3 is 25.2 Å². The topological polar surface area (TPSA) is 138 Å². The summed E-state index contributed by atoms with van der Waals surface area (Å²) in [6, 6.07) is 0. The molecule has 61 valence electrons. The van der Waals surface area contributed by atoms with E-state index in [1.807, 2.05) is 0 Å². The molecule has 1 radical (unpaired) electrons. The van der Waals surface area contributed by atoms with Crippen LogP contribution in [0.5, 0.6) is 0 Å². The molecule has 0 spiro atoms. The molecule has 0 atom stereocenters. The molecule has 0 aliphatic rings. The van der Waals surface area contributed by atoms with Crippen LogP contribution in [0.1, 0.15) is 0 Å². The maximum absolute atomic E-state index is 8.52. The zero-order valence-electron chi connectivity index (χ0n) is 3.51. The minimum absolute atomic E-state index is 0. The maximum atomic E-state index is 8.52. The van der Waals surface area contributed by atoms with Gasteiger partial charge in [-0.2, -0.15) is 0 Å². The Hall–Kier alpha value is 1.46. The zero-order chi connectivity index (χ0) is 7.15. The molecular weight excluding hydrogens is 364 g/mol. The molecule has 0 bridgehead atoms. The molecule has 0 unspecified atom stereocenters. The fourth-order valence-electron chi connectivity index (χ4n) is 0. The average Bonchev–Trinajstić information content (AvgIpc) is 1.25. The Labute approximate surface area is 76.9 Å². The van der Waals surface area contributed by atoms with Crippen LogP contribution in [0.2, 0.25) is 0 Å². The van der Waals surface area contributed by atoms with Crippen molar-refractivity contribution in [1.82, 2.24) is 0 Å². The smallest absolute Gasteiger partial charge is 0.405 e. The second-order valence-corrected chi connectivity index (χ2v) is 1.96. The Kier molecular flexibility index (Phi) is 22.7. The normalized spacial score (nSPS) is 8.00. The van der Waals surface area contributed by atoms with E-state index in [-0.39, 0.29) is 22.4 Å². The van der Waals surface area contributed by atoms with E-state index in [1.165, 1.54) is 0 Å². The summed E-state index contributed by atoms with van der Waals surface area (Å²) in [6.45, 7) is 0. The molecule has 0 N–H and O–H groups in total. The monoisotopic (exact) mass is 361 g/mol. The molecule has 0 saturated heterocycles. The van der Waals surface area contributed by atoms with Crippen molar-refractivity contribution in [2.45, 2.75) is 0 Å². The fraction of sp³-hybridized carbons (Fsp3) is 0. The van der Waals surface area contributed by atoms with E-state index < -0.39 is 29.6 Å². The molecule has 0 rings (SSSR count). The molecule has 0 aliphatic heterocycles. The Morgan fingerprint density at radius 2 is 0.556 bits per heavy atom. The first-order chi connectivity index (χ1) is 3.46. The molecular formula is AgBr2O6. The van der Waals surface area contributed by atoms with E-state index in [2.05, 4.69) is 0 Å². The second kappa shape index (κ2) is 12.2. The van der Waals surface area contributed by atoms with E-state index in [1.54, 1.807) is 0 Å². The van der Waals surface area contributed by atoms with Crippen molar-refractivity contribution in [3.63, 3.8) is 0 Å². The number of rotatable bonds is 0. The minimum atomic E-state index is -3.65. The first kappa shape index (κ1) is 16.8. The predicted octanol–water partition coefficient (Wildman–Crippen LogP) is -7.14. The molecule has 0 aliphatic carbocycles. The fourth-order valence-corrected chi connectivity index (χ4v) is 0. The van der Waals surface area contributed by atoms with Gasteiger partial charge in [-0.15, -0.1) is 0 Å². The van der Waals surface area contributed by atoms with E-state index in [0.29, 0.717) is 0 Å². The van der Waals surface area contributed by atoms with Crippen LogP contribution >= 0.6 is 0 Å². The maximum Gasteiger partial charge on any atom is 2.00 e. The quantitative estimate of drug-likeness (QED) is 0.392. The van der Waals surface area contributed by atoms with E-state index >= 15 is 0 Å². The van der Waals surface area contributed by atoms with Gasteiger partial charge in [0, 0.05) is 0 Å². The molecule has 9 heavy (non-hydrogen) atoms. The summed E-state index contributed by atoms with van der Waals surface area (Å²) in [5.41, 5.74) is 0. The molecule has 0 saturated carbocycles. The van der Waals surface area contributed by atoms with Gasteiger partial charge in [-0.1, -0.05) is 0 Å². The van der Waals surface area contributed by atoms with Crippen molar-refractivity contribution >= 4 is 0 Å². The first-order valence-corrected chi connectivity index (χ1v) is 4.81. The van der Waals surface area contributed by atoms with E-state index in [9.17, 15) is 0 Å². The minimum Gasteiger partial charge on any atom is -0.405 e. The molecule has 0 aromatic rings. The van der Waals surface area contributed by atoms with Crippen LogP contribution in [0, 0.1) is 29.6 Å². The largest absolute Gasteiger partial charge is 2.00 e. The third kappa shape index (κ3) is 247. The van der Waals surface area contributed by atoms with Crippen LogP contribution in [0.15, 0.2) is 0 Å². The van der Waals surface area contributed by atoms with Crippen LogP contribution in [-0.4, -0.2) is 0 Å². The van der Waals surface area contributed by atoms with Crippen LogP contribution in [0.4, 0.5) is 0 Å². The van der Waals surface area contributed by atoms with Gasteiger partial charge in [-0.05, 0) is 0 Å². The summed E-state index contributed by atoms with van der Waals surface area (Å²) in [7, 11) is 0. The molecule has 0 amide bonds. The van der Waals surface area contributed by atoms with Crippen LogP contribution < -0.4 is 25.2 Å². The standard InChI is InChI=1S/Ag.2BrO3/c;2*2-1(3)4/q+2;2*-1. The van der Waals surface area contributed by atoms with Gasteiger partial charge in [0.15, 0.2) is 0 Å². The van der Waals surface area contributed by atoms with Gasteiger partial charge in [0.2, 0.25) is 29.6 Å².